The number of phenolic OH excluding ortho intramolecular Hbond substituents is 1. The zero-order valence-corrected chi connectivity index (χ0v) is 27.0. The lowest BCUT2D eigenvalue weighted by Gasteiger charge is -2.54. The van der Waals surface area contributed by atoms with Crippen LogP contribution in [0.1, 0.15) is 101 Å². The normalized spacial score (nSPS) is 31.5. The molecule has 0 heterocycles. The second kappa shape index (κ2) is 13.1. The Labute approximate surface area is 261 Å². The molecule has 3 fully saturated rings. The van der Waals surface area contributed by atoms with Gasteiger partial charge in [-0.3, -0.25) is 4.21 Å². The van der Waals surface area contributed by atoms with E-state index in [9.17, 15) is 36.4 Å². The molecule has 0 amide bonds. The predicted octanol–water partition coefficient (Wildman–Crippen LogP) is 7.83. The van der Waals surface area contributed by atoms with Crippen LogP contribution in [-0.2, 0) is 17.2 Å². The topological polar surface area (TPSA) is 60.8 Å². The molecule has 2 N–H and O–H groups in total. The van der Waals surface area contributed by atoms with Gasteiger partial charge >= 0.3 is 12.1 Å². The van der Waals surface area contributed by atoms with Crippen LogP contribution < -0.4 is 0 Å². The molecule has 0 radical (unpaired) electrons. The Hall–Kier alpha value is -1.26. The van der Waals surface area contributed by atoms with E-state index in [-0.39, 0.29) is 22.7 Å². The molecule has 4 aliphatic carbocycles. The van der Waals surface area contributed by atoms with Gasteiger partial charge in [-0.15, -0.1) is 0 Å². The van der Waals surface area contributed by atoms with E-state index >= 15 is 0 Å². The third-order valence-electron chi connectivity index (χ3n) is 12.1. The molecule has 4 aliphatic rings. The van der Waals surface area contributed by atoms with Crippen LogP contribution in [0.2, 0.25) is 0 Å². The number of alkyl halides is 5. The average molecular weight is 648 g/mol. The van der Waals surface area contributed by atoms with Gasteiger partial charge < -0.3 is 15.1 Å². The molecule has 250 valence electrons. The Balaban J connectivity index is 1.06. The number of hydrogen-bond acceptors (Lipinski definition) is 4. The highest BCUT2D eigenvalue weighted by Gasteiger charge is 2.71. The number of fused-ring (bicyclic) bond motifs is 6. The molecule has 44 heavy (non-hydrogen) atoms. The Kier molecular flexibility index (Phi) is 10.1. The van der Waals surface area contributed by atoms with Crippen LogP contribution in [0.4, 0.5) is 22.0 Å². The molecule has 4 nitrogen and oxygen atoms in total. The lowest BCUT2D eigenvalue weighted by Crippen LogP contribution is -2.46. The SMILES string of the molecule is CN(CCCCCC1Cc2cc(O)ccc2C2CC[C@@]3(C)C(C[C@@H](O)C34CC4)C12)CCCS(=O)CCCC(F)(F)C(F)(F)F. The van der Waals surface area contributed by atoms with Gasteiger partial charge in [0.1, 0.15) is 5.75 Å². The first-order valence-corrected chi connectivity index (χ1v) is 18.2. The van der Waals surface area contributed by atoms with Crippen molar-refractivity contribution in [2.75, 3.05) is 31.6 Å². The maximum atomic E-state index is 13.0. The summed E-state index contributed by atoms with van der Waals surface area (Å²) in [6.45, 7) is 4.08. The Bertz CT molecular complexity index is 1170. The van der Waals surface area contributed by atoms with Gasteiger partial charge in [-0.05, 0) is 137 Å². The van der Waals surface area contributed by atoms with Gasteiger partial charge in [0.05, 0.1) is 6.10 Å². The number of unbranched alkanes of at least 4 members (excludes halogenated alkanes) is 2. The van der Waals surface area contributed by atoms with E-state index < -0.39 is 35.7 Å². The zero-order chi connectivity index (χ0) is 31.9. The fourth-order valence-corrected chi connectivity index (χ4v) is 10.7. The van der Waals surface area contributed by atoms with Crippen LogP contribution in [0, 0.1) is 28.6 Å². The molecule has 5 unspecified atom stereocenters. The van der Waals surface area contributed by atoms with Crippen LogP contribution in [0.5, 0.6) is 5.75 Å². The van der Waals surface area contributed by atoms with E-state index in [0.29, 0.717) is 48.1 Å². The number of phenols is 1. The Morgan fingerprint density at radius 2 is 1.70 bits per heavy atom. The lowest BCUT2D eigenvalue weighted by molar-refractivity contribution is -0.284. The summed E-state index contributed by atoms with van der Waals surface area (Å²) >= 11 is 0. The van der Waals surface area contributed by atoms with Crippen molar-refractivity contribution >= 4 is 10.8 Å². The standard InChI is InChI=1S/C34H50F5NO3S/c1-31-13-11-27-26-10-9-25(41)21-24(26)20-23(30(27)28(31)22-29(42)32(31)14-15-32)8-4-3-5-16-40(2)17-7-19-44(43)18-6-12-33(35,36)34(37,38)39/h9-10,21,23,27-30,41-42H,3-8,11-20,22H2,1-2H3/t23?,27?,28?,29-,30?,31+,44?/m1/s1. The van der Waals surface area contributed by atoms with Crippen molar-refractivity contribution in [3.05, 3.63) is 29.3 Å². The van der Waals surface area contributed by atoms with E-state index in [4.69, 9.17) is 0 Å². The van der Waals surface area contributed by atoms with Gasteiger partial charge in [0.15, 0.2) is 0 Å². The summed E-state index contributed by atoms with van der Waals surface area (Å²) in [6.07, 6.45) is 4.14. The molecule has 3 saturated carbocycles. The van der Waals surface area contributed by atoms with Crippen LogP contribution in [0.25, 0.3) is 0 Å². The summed E-state index contributed by atoms with van der Waals surface area (Å²) in [4.78, 5) is 2.17. The molecule has 1 spiro atoms. The Morgan fingerprint density at radius 1 is 1.00 bits per heavy atom. The molecule has 0 aromatic heterocycles. The number of halogens is 5. The molecule has 7 atom stereocenters. The lowest BCUT2D eigenvalue weighted by atomic mass is 9.50. The molecular formula is C34H50F5NO3S. The minimum atomic E-state index is -5.55. The fourth-order valence-electron chi connectivity index (χ4n) is 9.59. The number of aliphatic hydroxyl groups is 1. The van der Waals surface area contributed by atoms with Crippen molar-refractivity contribution in [1.82, 2.24) is 4.90 Å². The minimum Gasteiger partial charge on any atom is -0.508 e. The molecule has 0 bridgehead atoms. The maximum absolute atomic E-state index is 13.0. The van der Waals surface area contributed by atoms with E-state index in [1.165, 1.54) is 17.5 Å². The van der Waals surface area contributed by atoms with Crippen LogP contribution in [-0.4, -0.2) is 69.2 Å². The fraction of sp³-hybridized carbons (Fsp3) is 0.824. The highest BCUT2D eigenvalue weighted by Crippen LogP contribution is 2.76. The van der Waals surface area contributed by atoms with Crippen LogP contribution in [0.3, 0.4) is 0 Å². The summed E-state index contributed by atoms with van der Waals surface area (Å²) in [7, 11) is 0.606. The van der Waals surface area contributed by atoms with Crippen molar-refractivity contribution < 1.29 is 36.4 Å². The predicted molar refractivity (Wildman–Crippen MR) is 163 cm³/mol. The van der Waals surface area contributed by atoms with E-state index in [0.717, 1.165) is 64.3 Å². The third kappa shape index (κ3) is 6.73. The van der Waals surface area contributed by atoms with E-state index in [1.54, 1.807) is 0 Å². The van der Waals surface area contributed by atoms with Crippen molar-refractivity contribution in [3.8, 4) is 5.75 Å². The molecule has 0 saturated heterocycles. The number of rotatable bonds is 14. The van der Waals surface area contributed by atoms with Crippen LogP contribution >= 0.6 is 0 Å². The maximum Gasteiger partial charge on any atom is 0.453 e. The zero-order valence-electron chi connectivity index (χ0n) is 26.2. The number of aromatic hydroxyl groups is 1. The van der Waals surface area contributed by atoms with Crippen molar-refractivity contribution in [2.24, 2.45) is 28.6 Å². The minimum absolute atomic E-state index is 0.136. The Morgan fingerprint density at radius 3 is 2.41 bits per heavy atom. The summed E-state index contributed by atoms with van der Waals surface area (Å²) in [6, 6.07) is 5.96. The third-order valence-corrected chi connectivity index (χ3v) is 13.6. The van der Waals surface area contributed by atoms with Crippen molar-refractivity contribution in [2.45, 2.75) is 115 Å². The quantitative estimate of drug-likeness (QED) is 0.160. The number of hydrogen-bond donors (Lipinski definition) is 2. The molecule has 1 aromatic carbocycles. The van der Waals surface area contributed by atoms with Crippen LogP contribution in [0.15, 0.2) is 18.2 Å². The van der Waals surface area contributed by atoms with E-state index in [2.05, 4.69) is 17.9 Å². The van der Waals surface area contributed by atoms with Gasteiger partial charge in [0, 0.05) is 34.1 Å². The molecule has 1 aromatic rings. The van der Waals surface area contributed by atoms with Crippen molar-refractivity contribution in [3.63, 3.8) is 0 Å². The first-order chi connectivity index (χ1) is 20.7. The molecular weight excluding hydrogens is 597 g/mol. The second-order valence-electron chi connectivity index (χ2n) is 14.7. The van der Waals surface area contributed by atoms with Gasteiger partial charge in [0.25, 0.3) is 0 Å². The van der Waals surface area contributed by atoms with Gasteiger partial charge in [0.2, 0.25) is 0 Å². The molecule has 0 aliphatic heterocycles. The summed E-state index contributed by atoms with van der Waals surface area (Å²) < 4.78 is 75.0. The first kappa shape index (κ1) is 34.1. The summed E-state index contributed by atoms with van der Waals surface area (Å²) in [5.41, 5.74) is 3.08. The number of aliphatic hydroxyl groups excluding tert-OH is 1. The van der Waals surface area contributed by atoms with E-state index in [1.807, 2.05) is 19.2 Å². The number of nitrogens with zero attached hydrogens (tertiary/aromatic N) is 1. The monoisotopic (exact) mass is 647 g/mol. The summed E-state index contributed by atoms with van der Waals surface area (Å²) in [5.74, 6) is -2.05. The van der Waals surface area contributed by atoms with Gasteiger partial charge in [-0.25, -0.2) is 0 Å². The van der Waals surface area contributed by atoms with Crippen molar-refractivity contribution in [1.29, 1.82) is 0 Å². The number of benzene rings is 1. The average Bonchev–Trinajstić information content (AvgIpc) is 3.72. The second-order valence-corrected chi connectivity index (χ2v) is 16.4. The highest BCUT2D eigenvalue weighted by atomic mass is 32.2. The molecule has 10 heteroatoms. The smallest absolute Gasteiger partial charge is 0.453 e. The van der Waals surface area contributed by atoms with Gasteiger partial charge in [-0.2, -0.15) is 22.0 Å². The summed E-state index contributed by atoms with van der Waals surface area (Å²) in [5, 5.41) is 21.4. The largest absolute Gasteiger partial charge is 0.508 e. The van der Waals surface area contributed by atoms with Gasteiger partial charge in [-0.1, -0.05) is 25.8 Å². The highest BCUT2D eigenvalue weighted by molar-refractivity contribution is 7.84. The molecule has 5 rings (SSSR count). The first-order valence-electron chi connectivity index (χ1n) is 16.7.